The number of hydrazine groups is 2. The molecule has 0 radical (unpaired) electrons. The van der Waals surface area contributed by atoms with Crippen molar-refractivity contribution in [2.24, 2.45) is 0 Å². The van der Waals surface area contributed by atoms with E-state index in [-0.39, 0.29) is 36.0 Å². The molecule has 2 heterocycles. The Kier molecular flexibility index (Phi) is 12.8. The molecule has 0 bridgehead atoms. The highest BCUT2D eigenvalue weighted by atomic mass is 16.5. The Hall–Kier alpha value is -1.22. The fourth-order valence-electron chi connectivity index (χ4n) is 5.75. The maximum atomic E-state index is 13.1. The van der Waals surface area contributed by atoms with Crippen molar-refractivity contribution in [2.45, 2.75) is 116 Å². The van der Waals surface area contributed by atoms with E-state index in [1.807, 2.05) is 13.8 Å². The number of nitrogens with zero attached hydrogens (tertiary/aromatic N) is 4. The van der Waals surface area contributed by atoms with Crippen LogP contribution < -0.4 is 0 Å². The number of carbonyl (C=O) groups excluding carboxylic acids is 2. The quantitative estimate of drug-likeness (QED) is 0.353. The van der Waals surface area contributed by atoms with Gasteiger partial charge in [0.15, 0.2) is 0 Å². The summed E-state index contributed by atoms with van der Waals surface area (Å²) >= 11 is 0. The smallest absolute Gasteiger partial charge is 0.236 e. The SMILES string of the molecule is CCC(=O)N([C@H](CC)CC[C@@H](CC)N(C(=O)CC)N1CCC[C@H]1COC)N1CCC[C@H]1COC. The molecule has 2 fully saturated rings. The topological polar surface area (TPSA) is 65.6 Å². The summed E-state index contributed by atoms with van der Waals surface area (Å²) in [5.41, 5.74) is 0. The number of hydrogen-bond donors (Lipinski definition) is 0. The van der Waals surface area contributed by atoms with Crippen LogP contribution in [0.1, 0.15) is 91.9 Å². The Labute approximate surface area is 207 Å². The standard InChI is InChI=1S/C26H50N4O4/c1-7-21(29(25(31)9-3)27-17-11-13-23(27)19-33-5)15-16-22(8-2)30(26(32)10-4)28-18-12-14-24(28)20-34-6/h21-24H,7-20H2,1-6H3/t21-,22-,23+,24+/m1/s1. The molecule has 2 amide bonds. The molecule has 2 aliphatic heterocycles. The second-order valence-electron chi connectivity index (χ2n) is 9.71. The van der Waals surface area contributed by atoms with Crippen LogP contribution in [0.3, 0.4) is 0 Å². The molecule has 0 aliphatic carbocycles. The van der Waals surface area contributed by atoms with Crippen molar-refractivity contribution in [3.63, 3.8) is 0 Å². The Morgan fingerprint density at radius 3 is 1.44 bits per heavy atom. The minimum atomic E-state index is 0.130. The number of rotatable bonds is 15. The first kappa shape index (κ1) is 29.0. The number of ether oxygens (including phenoxy) is 2. The molecule has 0 aromatic carbocycles. The van der Waals surface area contributed by atoms with E-state index < -0.39 is 0 Å². The second-order valence-corrected chi connectivity index (χ2v) is 9.71. The summed E-state index contributed by atoms with van der Waals surface area (Å²) in [7, 11) is 3.47. The van der Waals surface area contributed by atoms with Gasteiger partial charge in [0.25, 0.3) is 0 Å². The monoisotopic (exact) mass is 482 g/mol. The molecule has 0 aromatic heterocycles. The third-order valence-corrected chi connectivity index (χ3v) is 7.55. The molecule has 34 heavy (non-hydrogen) atoms. The molecule has 0 N–H and O–H groups in total. The van der Waals surface area contributed by atoms with Crippen LogP contribution in [0.2, 0.25) is 0 Å². The fraction of sp³-hybridized carbons (Fsp3) is 0.923. The summed E-state index contributed by atoms with van der Waals surface area (Å²) in [5.74, 6) is 0.369. The largest absolute Gasteiger partial charge is 0.383 e. The fourth-order valence-corrected chi connectivity index (χ4v) is 5.75. The van der Waals surface area contributed by atoms with E-state index in [4.69, 9.17) is 9.47 Å². The number of amides is 2. The lowest BCUT2D eigenvalue weighted by atomic mass is 10.0. The average molecular weight is 483 g/mol. The minimum absolute atomic E-state index is 0.130. The van der Waals surface area contributed by atoms with Gasteiger partial charge in [-0.05, 0) is 51.4 Å². The molecular weight excluding hydrogens is 432 g/mol. The van der Waals surface area contributed by atoms with Gasteiger partial charge in [-0.2, -0.15) is 0 Å². The van der Waals surface area contributed by atoms with Crippen molar-refractivity contribution >= 4 is 11.8 Å². The molecule has 2 rings (SSSR count). The molecular formula is C26H50N4O4. The molecule has 0 spiro atoms. The highest BCUT2D eigenvalue weighted by molar-refractivity contribution is 5.76. The van der Waals surface area contributed by atoms with Gasteiger partial charge >= 0.3 is 0 Å². The first-order valence-electron chi connectivity index (χ1n) is 13.6. The zero-order chi connectivity index (χ0) is 25.1. The zero-order valence-corrected chi connectivity index (χ0v) is 22.6. The highest BCUT2D eigenvalue weighted by Gasteiger charge is 2.38. The zero-order valence-electron chi connectivity index (χ0n) is 22.6. The molecule has 198 valence electrons. The van der Waals surface area contributed by atoms with Crippen molar-refractivity contribution < 1.29 is 19.1 Å². The predicted molar refractivity (Wildman–Crippen MR) is 135 cm³/mol. The van der Waals surface area contributed by atoms with Crippen LogP contribution in [0, 0.1) is 0 Å². The van der Waals surface area contributed by atoms with Gasteiger partial charge in [0.1, 0.15) is 0 Å². The van der Waals surface area contributed by atoms with Gasteiger partial charge in [-0.25, -0.2) is 10.0 Å². The van der Waals surface area contributed by atoms with E-state index in [9.17, 15) is 9.59 Å². The predicted octanol–water partition coefficient (Wildman–Crippen LogP) is 3.85. The van der Waals surface area contributed by atoms with Crippen LogP contribution >= 0.6 is 0 Å². The molecule has 8 nitrogen and oxygen atoms in total. The Morgan fingerprint density at radius 2 is 1.15 bits per heavy atom. The third kappa shape index (κ3) is 7.15. The third-order valence-electron chi connectivity index (χ3n) is 7.55. The van der Waals surface area contributed by atoms with Crippen molar-refractivity contribution in [1.29, 1.82) is 0 Å². The van der Waals surface area contributed by atoms with Gasteiger partial charge in [0.2, 0.25) is 11.8 Å². The number of hydrogen-bond acceptors (Lipinski definition) is 6. The van der Waals surface area contributed by atoms with Crippen LogP contribution in [0.25, 0.3) is 0 Å². The lowest BCUT2D eigenvalue weighted by molar-refractivity contribution is -0.165. The van der Waals surface area contributed by atoms with E-state index in [2.05, 4.69) is 33.9 Å². The first-order valence-corrected chi connectivity index (χ1v) is 13.6. The Bertz CT molecular complexity index is 568. The summed E-state index contributed by atoms with van der Waals surface area (Å²) in [6.45, 7) is 11.3. The van der Waals surface area contributed by atoms with E-state index in [1.54, 1.807) is 14.2 Å². The summed E-state index contributed by atoms with van der Waals surface area (Å²) in [6.07, 6.45) is 8.85. The first-order chi connectivity index (χ1) is 16.5. The molecule has 4 atom stereocenters. The molecule has 2 saturated heterocycles. The molecule has 0 unspecified atom stereocenters. The van der Waals surface area contributed by atoms with Crippen LogP contribution in [0.5, 0.6) is 0 Å². The van der Waals surface area contributed by atoms with E-state index in [1.165, 1.54) is 0 Å². The van der Waals surface area contributed by atoms with Gasteiger partial charge < -0.3 is 9.47 Å². The lowest BCUT2D eigenvalue weighted by Crippen LogP contribution is -2.56. The summed E-state index contributed by atoms with van der Waals surface area (Å²) in [4.78, 5) is 26.3. The lowest BCUT2D eigenvalue weighted by Gasteiger charge is -2.44. The average Bonchev–Trinajstić information content (AvgIpc) is 3.50. The molecule has 0 saturated carbocycles. The normalized spacial score (nSPS) is 23.2. The van der Waals surface area contributed by atoms with Gasteiger partial charge in [0.05, 0.1) is 25.3 Å². The van der Waals surface area contributed by atoms with Crippen LogP contribution in [-0.2, 0) is 19.1 Å². The van der Waals surface area contributed by atoms with Crippen LogP contribution in [0.4, 0.5) is 0 Å². The van der Waals surface area contributed by atoms with Gasteiger partial charge in [-0.3, -0.25) is 19.6 Å². The second kappa shape index (κ2) is 15.0. The molecule has 8 heteroatoms. The van der Waals surface area contributed by atoms with Crippen LogP contribution in [-0.4, -0.2) is 96.5 Å². The highest BCUT2D eigenvalue weighted by Crippen LogP contribution is 2.29. The maximum absolute atomic E-state index is 13.1. The van der Waals surface area contributed by atoms with E-state index in [0.29, 0.717) is 26.1 Å². The summed E-state index contributed by atoms with van der Waals surface area (Å²) < 4.78 is 10.9. The Morgan fingerprint density at radius 1 is 0.765 bits per heavy atom. The van der Waals surface area contributed by atoms with Crippen molar-refractivity contribution in [3.05, 3.63) is 0 Å². The number of methoxy groups -OCH3 is 2. The van der Waals surface area contributed by atoms with Gasteiger partial charge in [-0.15, -0.1) is 0 Å². The molecule has 2 aliphatic rings. The van der Waals surface area contributed by atoms with Crippen LogP contribution in [0.15, 0.2) is 0 Å². The van der Waals surface area contributed by atoms with Gasteiger partial charge in [-0.1, -0.05) is 27.7 Å². The van der Waals surface area contributed by atoms with Crippen molar-refractivity contribution in [1.82, 2.24) is 20.0 Å². The number of carbonyl (C=O) groups is 2. The maximum Gasteiger partial charge on any atom is 0.236 e. The Balaban J connectivity index is 2.19. The summed E-state index contributed by atoms with van der Waals surface area (Å²) in [6, 6.07) is 0.778. The van der Waals surface area contributed by atoms with Crippen molar-refractivity contribution in [2.75, 3.05) is 40.5 Å². The van der Waals surface area contributed by atoms with E-state index >= 15 is 0 Å². The van der Waals surface area contributed by atoms with Crippen molar-refractivity contribution in [3.8, 4) is 0 Å². The minimum Gasteiger partial charge on any atom is -0.383 e. The summed E-state index contributed by atoms with van der Waals surface area (Å²) in [5, 5.41) is 8.65. The molecule has 0 aromatic rings. The van der Waals surface area contributed by atoms with E-state index in [0.717, 1.165) is 64.5 Å². The van der Waals surface area contributed by atoms with Gasteiger partial charge in [0, 0.05) is 52.2 Å².